The third-order valence-electron chi connectivity index (χ3n) is 4.26. The van der Waals surface area contributed by atoms with Crippen LogP contribution in [0.15, 0.2) is 79.0 Å². The minimum atomic E-state index is -3.42. The van der Waals surface area contributed by atoms with Crippen LogP contribution in [0.3, 0.4) is 0 Å². The summed E-state index contributed by atoms with van der Waals surface area (Å²) >= 11 is 0. The van der Waals surface area contributed by atoms with Gasteiger partial charge in [0, 0.05) is 12.7 Å². The molecule has 1 aromatic heterocycles. The van der Waals surface area contributed by atoms with Gasteiger partial charge in [0.25, 0.3) is 0 Å². The van der Waals surface area contributed by atoms with Crippen LogP contribution in [0.2, 0.25) is 0 Å². The Morgan fingerprint density at radius 1 is 0.889 bits per heavy atom. The van der Waals surface area contributed by atoms with Gasteiger partial charge in [-0.15, -0.1) is 0 Å². The minimum Gasteiger partial charge on any atom is -0.343 e. The van der Waals surface area contributed by atoms with Crippen LogP contribution in [0.4, 0.5) is 17.2 Å². The van der Waals surface area contributed by atoms with Gasteiger partial charge in [-0.1, -0.05) is 48.5 Å². The lowest BCUT2D eigenvalue weighted by Crippen LogP contribution is -2.18. The van der Waals surface area contributed by atoms with E-state index in [4.69, 9.17) is 0 Å². The molecule has 0 aliphatic rings. The zero-order valence-electron chi connectivity index (χ0n) is 15.2. The number of para-hydroxylation sites is 1. The van der Waals surface area contributed by atoms with Crippen molar-refractivity contribution in [1.82, 2.24) is 4.98 Å². The number of nitrogens with one attached hydrogen (secondary N) is 1. The number of hydrogen-bond donors (Lipinski definition) is 1. The number of hydrogen-bond acceptors (Lipinski definition) is 4. The average molecular weight is 382 g/mol. The predicted molar refractivity (Wildman–Crippen MR) is 111 cm³/mol. The zero-order valence-corrected chi connectivity index (χ0v) is 16.1. The first-order chi connectivity index (χ1) is 13.0. The first kappa shape index (κ1) is 18.9. The van der Waals surface area contributed by atoms with E-state index in [-0.39, 0.29) is 5.75 Å². The van der Waals surface area contributed by atoms with Gasteiger partial charge in [0.2, 0.25) is 10.0 Å². The summed E-state index contributed by atoms with van der Waals surface area (Å²) in [5.41, 5.74) is 3.06. The van der Waals surface area contributed by atoms with Gasteiger partial charge in [-0.3, -0.25) is 4.72 Å². The molecular formula is C21H23N3O2S. The molecule has 0 radical (unpaired) electrons. The predicted octanol–water partition coefficient (Wildman–Crippen LogP) is 4.22. The molecule has 1 N–H and O–H groups in total. The summed E-state index contributed by atoms with van der Waals surface area (Å²) in [6, 6.07) is 23.3. The van der Waals surface area contributed by atoms with Crippen molar-refractivity contribution in [1.29, 1.82) is 0 Å². The Kier molecular flexibility index (Phi) is 6.08. The van der Waals surface area contributed by atoms with E-state index in [1.807, 2.05) is 78.7 Å². The quantitative estimate of drug-likeness (QED) is 0.634. The minimum absolute atomic E-state index is 0.0647. The maximum Gasteiger partial charge on any atom is 0.233 e. The summed E-state index contributed by atoms with van der Waals surface area (Å²) in [7, 11) is -1.47. The molecule has 27 heavy (non-hydrogen) atoms. The van der Waals surface area contributed by atoms with Crippen molar-refractivity contribution in [2.24, 2.45) is 0 Å². The molecule has 0 fully saturated rings. The van der Waals surface area contributed by atoms with E-state index in [1.54, 1.807) is 12.3 Å². The van der Waals surface area contributed by atoms with Crippen molar-refractivity contribution in [3.8, 4) is 0 Å². The lowest BCUT2D eigenvalue weighted by atomic mass is 10.1. The van der Waals surface area contributed by atoms with Crippen molar-refractivity contribution in [3.05, 3.63) is 84.6 Å². The first-order valence-electron chi connectivity index (χ1n) is 8.83. The molecule has 3 aromatic rings. The highest BCUT2D eigenvalue weighted by Crippen LogP contribution is 2.23. The topological polar surface area (TPSA) is 62.3 Å². The van der Waals surface area contributed by atoms with E-state index < -0.39 is 10.0 Å². The molecule has 6 heteroatoms. The number of anilines is 3. The Bertz CT molecular complexity index is 944. The molecule has 0 spiro atoms. The number of sulfonamides is 1. The fourth-order valence-electron chi connectivity index (χ4n) is 2.77. The average Bonchev–Trinajstić information content (AvgIpc) is 2.69. The molecule has 2 aromatic carbocycles. The smallest absolute Gasteiger partial charge is 0.233 e. The van der Waals surface area contributed by atoms with Crippen LogP contribution in [0, 0.1) is 0 Å². The molecule has 140 valence electrons. The summed E-state index contributed by atoms with van der Waals surface area (Å²) < 4.78 is 27.1. The van der Waals surface area contributed by atoms with Gasteiger partial charge < -0.3 is 4.90 Å². The summed E-state index contributed by atoms with van der Waals surface area (Å²) in [5, 5.41) is 0. The highest BCUT2D eigenvalue weighted by Gasteiger charge is 2.12. The Labute approximate surface area is 160 Å². The molecular weight excluding hydrogens is 358 g/mol. The van der Waals surface area contributed by atoms with Crippen molar-refractivity contribution in [2.45, 2.75) is 12.8 Å². The third-order valence-corrected chi connectivity index (χ3v) is 5.61. The lowest BCUT2D eigenvalue weighted by Gasteiger charge is -2.19. The number of aryl methyl sites for hydroxylation is 1. The Morgan fingerprint density at radius 3 is 2.19 bits per heavy atom. The second-order valence-electron chi connectivity index (χ2n) is 6.31. The molecule has 3 rings (SSSR count). The molecule has 0 aliphatic carbocycles. The number of pyridine rings is 1. The highest BCUT2D eigenvalue weighted by atomic mass is 32.2. The van der Waals surface area contributed by atoms with Crippen LogP contribution in [0.5, 0.6) is 0 Å². The van der Waals surface area contributed by atoms with Crippen LogP contribution in [0.1, 0.15) is 12.0 Å². The van der Waals surface area contributed by atoms with Crippen molar-refractivity contribution < 1.29 is 8.42 Å². The second kappa shape index (κ2) is 8.68. The first-order valence-corrected chi connectivity index (χ1v) is 10.5. The van der Waals surface area contributed by atoms with E-state index in [0.29, 0.717) is 12.2 Å². The van der Waals surface area contributed by atoms with Crippen LogP contribution < -0.4 is 9.62 Å². The van der Waals surface area contributed by atoms with Gasteiger partial charge in [-0.25, -0.2) is 13.4 Å². The summed E-state index contributed by atoms with van der Waals surface area (Å²) in [4.78, 5) is 6.24. The fourth-order valence-corrected chi connectivity index (χ4v) is 3.83. The standard InChI is InChI=1S/C21H23N3O2S/c1-24(19-12-6-3-7-13-19)20-14-15-21(22-17-20)23-27(25,26)16-8-11-18-9-4-2-5-10-18/h2-7,9-10,12-15,17H,8,11,16H2,1H3,(H,22,23). The monoisotopic (exact) mass is 381 g/mol. The number of nitrogens with zero attached hydrogens (tertiary/aromatic N) is 2. The summed E-state index contributed by atoms with van der Waals surface area (Å²) in [6.07, 6.45) is 2.96. The van der Waals surface area contributed by atoms with Gasteiger partial charge in [0.15, 0.2) is 0 Å². The number of rotatable bonds is 8. The van der Waals surface area contributed by atoms with Crippen molar-refractivity contribution in [3.63, 3.8) is 0 Å². The fraction of sp³-hybridized carbons (Fsp3) is 0.190. The Balaban J connectivity index is 1.57. The van der Waals surface area contributed by atoms with E-state index in [2.05, 4.69) is 9.71 Å². The van der Waals surface area contributed by atoms with E-state index in [0.717, 1.165) is 23.4 Å². The van der Waals surface area contributed by atoms with Crippen LogP contribution in [0.25, 0.3) is 0 Å². The Hall–Kier alpha value is -2.86. The molecule has 0 atom stereocenters. The van der Waals surface area contributed by atoms with Gasteiger partial charge in [-0.05, 0) is 42.7 Å². The number of benzene rings is 2. The molecule has 0 amide bonds. The zero-order chi connectivity index (χ0) is 19.1. The molecule has 0 saturated carbocycles. The highest BCUT2D eigenvalue weighted by molar-refractivity contribution is 7.92. The van der Waals surface area contributed by atoms with Gasteiger partial charge >= 0.3 is 0 Å². The van der Waals surface area contributed by atoms with Crippen LogP contribution >= 0.6 is 0 Å². The van der Waals surface area contributed by atoms with E-state index in [1.165, 1.54) is 0 Å². The summed E-state index contributed by atoms with van der Waals surface area (Å²) in [5.74, 6) is 0.398. The number of aromatic nitrogens is 1. The van der Waals surface area contributed by atoms with Gasteiger partial charge in [0.05, 0.1) is 17.6 Å². The maximum absolute atomic E-state index is 12.3. The molecule has 0 bridgehead atoms. The van der Waals surface area contributed by atoms with Crippen LogP contribution in [-0.4, -0.2) is 26.2 Å². The third kappa shape index (κ3) is 5.56. The molecule has 0 unspecified atom stereocenters. The van der Waals surface area contributed by atoms with Crippen LogP contribution in [-0.2, 0) is 16.4 Å². The molecule has 0 saturated heterocycles. The van der Waals surface area contributed by atoms with Crippen molar-refractivity contribution in [2.75, 3.05) is 22.4 Å². The SMILES string of the molecule is CN(c1ccccc1)c1ccc(NS(=O)(=O)CCCc2ccccc2)nc1. The second-order valence-corrected chi connectivity index (χ2v) is 8.15. The van der Waals surface area contributed by atoms with Crippen molar-refractivity contribution >= 4 is 27.2 Å². The molecule has 1 heterocycles. The molecule has 0 aliphatic heterocycles. The van der Waals surface area contributed by atoms with Gasteiger partial charge in [-0.2, -0.15) is 0 Å². The normalized spacial score (nSPS) is 11.1. The Morgan fingerprint density at radius 2 is 1.56 bits per heavy atom. The largest absolute Gasteiger partial charge is 0.343 e. The van der Waals surface area contributed by atoms with Gasteiger partial charge in [0.1, 0.15) is 5.82 Å². The maximum atomic E-state index is 12.3. The summed E-state index contributed by atoms with van der Waals surface area (Å²) in [6.45, 7) is 0. The molecule has 5 nitrogen and oxygen atoms in total. The van der Waals surface area contributed by atoms with E-state index >= 15 is 0 Å². The lowest BCUT2D eigenvalue weighted by molar-refractivity contribution is 0.598. The van der Waals surface area contributed by atoms with E-state index in [9.17, 15) is 8.42 Å².